The molecule has 7 nitrogen and oxygen atoms in total. The van der Waals surface area contributed by atoms with Crippen molar-refractivity contribution >= 4 is 23.1 Å². The number of hydrogen-bond donors (Lipinski definition) is 2. The lowest BCUT2D eigenvalue weighted by Gasteiger charge is -2.08. The quantitative estimate of drug-likeness (QED) is 0.762. The first-order chi connectivity index (χ1) is 11.8. The van der Waals surface area contributed by atoms with E-state index in [-0.39, 0.29) is 18.4 Å². The molecule has 4 rings (SSSR count). The Morgan fingerprint density at radius 3 is 2.79 bits per heavy atom. The zero-order valence-corrected chi connectivity index (χ0v) is 12.4. The van der Waals surface area contributed by atoms with Gasteiger partial charge in [-0.25, -0.2) is 4.39 Å². The molecule has 0 atom stereocenters. The Kier molecular flexibility index (Phi) is 3.54. The first-order valence-electron chi connectivity index (χ1n) is 7.16. The molecule has 24 heavy (non-hydrogen) atoms. The smallest absolute Gasteiger partial charge is 0.249 e. The molecular formula is C16H12FN5O2. The van der Waals surface area contributed by atoms with Gasteiger partial charge < -0.3 is 20.1 Å². The van der Waals surface area contributed by atoms with Crippen LogP contribution in [-0.4, -0.2) is 22.0 Å². The maximum atomic E-state index is 13.7. The minimum atomic E-state index is -0.393. The van der Waals surface area contributed by atoms with Gasteiger partial charge in [0.1, 0.15) is 5.82 Å². The van der Waals surface area contributed by atoms with Crippen LogP contribution in [0.3, 0.4) is 0 Å². The molecule has 0 saturated heterocycles. The zero-order valence-electron chi connectivity index (χ0n) is 12.4. The monoisotopic (exact) mass is 325 g/mol. The van der Waals surface area contributed by atoms with Crippen LogP contribution < -0.4 is 20.1 Å². The molecule has 2 aromatic carbocycles. The van der Waals surface area contributed by atoms with Gasteiger partial charge in [0.25, 0.3) is 0 Å². The van der Waals surface area contributed by atoms with Crippen molar-refractivity contribution < 1.29 is 13.9 Å². The summed E-state index contributed by atoms with van der Waals surface area (Å²) in [5.74, 6) is 1.61. The number of rotatable bonds is 4. The molecule has 120 valence electrons. The molecule has 1 aliphatic heterocycles. The van der Waals surface area contributed by atoms with Gasteiger partial charge in [-0.15, -0.1) is 5.10 Å². The summed E-state index contributed by atoms with van der Waals surface area (Å²) in [4.78, 5) is 4.26. The first kappa shape index (κ1) is 14.2. The van der Waals surface area contributed by atoms with E-state index in [9.17, 15) is 4.39 Å². The first-order valence-corrected chi connectivity index (χ1v) is 7.16. The van der Waals surface area contributed by atoms with Crippen LogP contribution in [0.4, 0.5) is 27.5 Å². The lowest BCUT2D eigenvalue weighted by Crippen LogP contribution is -2.03. The van der Waals surface area contributed by atoms with Crippen molar-refractivity contribution in [1.29, 1.82) is 0 Å². The molecule has 0 bridgehead atoms. The number of halogens is 1. The third kappa shape index (κ3) is 2.89. The third-order valence-corrected chi connectivity index (χ3v) is 3.32. The fourth-order valence-corrected chi connectivity index (χ4v) is 2.22. The van der Waals surface area contributed by atoms with Gasteiger partial charge in [-0.2, -0.15) is 10.1 Å². The molecule has 0 fully saturated rings. The highest BCUT2D eigenvalue weighted by molar-refractivity contribution is 5.62. The Balaban J connectivity index is 1.53. The van der Waals surface area contributed by atoms with Crippen LogP contribution >= 0.6 is 0 Å². The normalized spacial score (nSPS) is 12.0. The molecule has 2 N–H and O–H groups in total. The maximum absolute atomic E-state index is 13.7. The fourth-order valence-electron chi connectivity index (χ4n) is 2.22. The molecule has 3 aromatic rings. The summed E-state index contributed by atoms with van der Waals surface area (Å²) in [6.07, 6.45) is 1.47. The van der Waals surface area contributed by atoms with E-state index in [0.717, 1.165) is 5.69 Å². The number of nitrogens with zero attached hydrogens (tertiary/aromatic N) is 3. The standard InChI is InChI=1S/C16H12FN5O2/c17-11-3-1-2-4-12(11)20-16-21-15(8-18-22-16)19-10-5-6-13-14(7-10)24-9-23-13/h1-8H,9H2,(H2,19,20,21,22). The van der Waals surface area contributed by atoms with Crippen LogP contribution in [0.2, 0.25) is 0 Å². The minimum absolute atomic E-state index is 0.186. The molecule has 8 heteroatoms. The Labute approximate surface area is 136 Å². The molecule has 0 radical (unpaired) electrons. The molecular weight excluding hydrogens is 313 g/mol. The molecule has 2 heterocycles. The van der Waals surface area contributed by atoms with Crippen molar-refractivity contribution in [1.82, 2.24) is 15.2 Å². The number of para-hydroxylation sites is 1. The second-order valence-electron chi connectivity index (χ2n) is 4.96. The molecule has 0 aliphatic carbocycles. The largest absolute Gasteiger partial charge is 0.454 e. The highest BCUT2D eigenvalue weighted by Crippen LogP contribution is 2.34. The number of hydrogen-bond acceptors (Lipinski definition) is 7. The molecule has 0 saturated carbocycles. The van der Waals surface area contributed by atoms with Gasteiger partial charge in [0, 0.05) is 11.8 Å². The van der Waals surface area contributed by atoms with E-state index in [1.54, 1.807) is 30.3 Å². The second kappa shape index (κ2) is 5.99. The third-order valence-electron chi connectivity index (χ3n) is 3.32. The van der Waals surface area contributed by atoms with Gasteiger partial charge in [-0.05, 0) is 24.3 Å². The number of anilines is 4. The summed E-state index contributed by atoms with van der Waals surface area (Å²) in [7, 11) is 0. The summed E-state index contributed by atoms with van der Waals surface area (Å²) in [6, 6.07) is 11.7. The van der Waals surface area contributed by atoms with Crippen LogP contribution in [0.25, 0.3) is 0 Å². The molecule has 0 unspecified atom stereocenters. The zero-order chi connectivity index (χ0) is 16.4. The molecule has 0 spiro atoms. The summed E-state index contributed by atoms with van der Waals surface area (Å²) in [5, 5.41) is 13.6. The van der Waals surface area contributed by atoms with Crippen molar-refractivity contribution in [3.05, 3.63) is 54.5 Å². The molecule has 1 aromatic heterocycles. The van der Waals surface area contributed by atoms with Gasteiger partial charge in [0.2, 0.25) is 12.7 Å². The predicted molar refractivity (Wildman–Crippen MR) is 85.4 cm³/mol. The van der Waals surface area contributed by atoms with E-state index in [2.05, 4.69) is 25.8 Å². The summed E-state index contributed by atoms with van der Waals surface area (Å²) >= 11 is 0. The van der Waals surface area contributed by atoms with E-state index in [0.29, 0.717) is 17.3 Å². The number of ether oxygens (including phenoxy) is 2. The second-order valence-corrected chi connectivity index (χ2v) is 4.96. The summed E-state index contributed by atoms with van der Waals surface area (Å²) < 4.78 is 24.3. The van der Waals surface area contributed by atoms with Crippen LogP contribution in [-0.2, 0) is 0 Å². The maximum Gasteiger partial charge on any atom is 0.249 e. The van der Waals surface area contributed by atoms with Crippen molar-refractivity contribution in [3.63, 3.8) is 0 Å². The van der Waals surface area contributed by atoms with Crippen molar-refractivity contribution in [2.75, 3.05) is 17.4 Å². The molecule has 1 aliphatic rings. The Morgan fingerprint density at radius 2 is 1.88 bits per heavy atom. The summed E-state index contributed by atoms with van der Waals surface area (Å²) in [5.41, 5.74) is 1.04. The van der Waals surface area contributed by atoms with E-state index >= 15 is 0 Å². The molecule has 0 amide bonds. The van der Waals surface area contributed by atoms with E-state index in [4.69, 9.17) is 9.47 Å². The van der Waals surface area contributed by atoms with Crippen LogP contribution in [0.15, 0.2) is 48.7 Å². The van der Waals surface area contributed by atoms with Crippen LogP contribution in [0.5, 0.6) is 11.5 Å². The fraction of sp³-hybridized carbons (Fsp3) is 0.0625. The van der Waals surface area contributed by atoms with E-state index < -0.39 is 5.82 Å². The van der Waals surface area contributed by atoms with Gasteiger partial charge in [-0.3, -0.25) is 0 Å². The Hall–Kier alpha value is -3.42. The van der Waals surface area contributed by atoms with Gasteiger partial charge in [0.05, 0.1) is 11.9 Å². The number of nitrogens with one attached hydrogen (secondary N) is 2. The number of aromatic nitrogens is 3. The lowest BCUT2D eigenvalue weighted by atomic mass is 10.3. The lowest BCUT2D eigenvalue weighted by molar-refractivity contribution is 0.174. The SMILES string of the molecule is Fc1ccccc1Nc1nncc(Nc2ccc3c(c2)OCO3)n1. The topological polar surface area (TPSA) is 81.2 Å². The Morgan fingerprint density at radius 1 is 1.00 bits per heavy atom. The van der Waals surface area contributed by atoms with Gasteiger partial charge in [-0.1, -0.05) is 12.1 Å². The average molecular weight is 325 g/mol. The average Bonchev–Trinajstić information content (AvgIpc) is 3.05. The van der Waals surface area contributed by atoms with Crippen LogP contribution in [0, 0.1) is 5.82 Å². The number of benzene rings is 2. The van der Waals surface area contributed by atoms with Crippen LogP contribution in [0.1, 0.15) is 0 Å². The highest BCUT2D eigenvalue weighted by atomic mass is 19.1. The summed E-state index contributed by atoms with van der Waals surface area (Å²) in [6.45, 7) is 0.213. The van der Waals surface area contributed by atoms with Gasteiger partial charge in [0.15, 0.2) is 17.3 Å². The van der Waals surface area contributed by atoms with E-state index in [1.165, 1.54) is 12.3 Å². The van der Waals surface area contributed by atoms with E-state index in [1.807, 2.05) is 6.07 Å². The van der Waals surface area contributed by atoms with Crippen molar-refractivity contribution in [2.45, 2.75) is 0 Å². The van der Waals surface area contributed by atoms with Crippen molar-refractivity contribution in [2.24, 2.45) is 0 Å². The minimum Gasteiger partial charge on any atom is -0.454 e. The Bertz CT molecular complexity index is 890. The van der Waals surface area contributed by atoms with Gasteiger partial charge >= 0.3 is 0 Å². The van der Waals surface area contributed by atoms with Crippen molar-refractivity contribution in [3.8, 4) is 11.5 Å². The predicted octanol–water partition coefficient (Wildman–Crippen LogP) is 3.23. The number of fused-ring (bicyclic) bond motifs is 1. The highest BCUT2D eigenvalue weighted by Gasteiger charge is 2.13.